The molecule has 0 saturated carbocycles. The number of rotatable bonds is 4. The largest absolute Gasteiger partial charge is 0.489 e. The van der Waals surface area contributed by atoms with Crippen molar-refractivity contribution in [1.29, 1.82) is 5.26 Å². The minimum absolute atomic E-state index is 0.0458. The average molecular weight is 328 g/mol. The minimum Gasteiger partial charge on any atom is -0.489 e. The molecule has 3 rings (SSSR count). The molecule has 126 valence electrons. The summed E-state index contributed by atoms with van der Waals surface area (Å²) in [4.78, 5) is 26.4. The van der Waals surface area contributed by atoms with Crippen LogP contribution in [0.15, 0.2) is 18.2 Å². The van der Waals surface area contributed by atoms with Crippen LogP contribution in [0.1, 0.15) is 37.8 Å². The van der Waals surface area contributed by atoms with Gasteiger partial charge >= 0.3 is 5.97 Å². The molecule has 2 aliphatic rings. The number of nitriles is 1. The lowest BCUT2D eigenvalue weighted by molar-refractivity contribution is -0.191. The number of fused-ring (bicyclic) bond motifs is 1. The second kappa shape index (κ2) is 6.16. The molecule has 0 radical (unpaired) electrons. The van der Waals surface area contributed by atoms with E-state index in [4.69, 9.17) is 14.7 Å². The van der Waals surface area contributed by atoms with Crippen molar-refractivity contribution >= 4 is 11.9 Å². The van der Waals surface area contributed by atoms with Gasteiger partial charge in [0.05, 0.1) is 11.6 Å². The highest BCUT2D eigenvalue weighted by Crippen LogP contribution is 2.31. The zero-order chi connectivity index (χ0) is 17.3. The van der Waals surface area contributed by atoms with Gasteiger partial charge in [0.2, 0.25) is 5.60 Å². The molecule has 24 heavy (non-hydrogen) atoms. The number of carbonyl (C=O) groups is 2. The van der Waals surface area contributed by atoms with E-state index in [-0.39, 0.29) is 18.5 Å². The highest BCUT2D eigenvalue weighted by Gasteiger charge is 2.52. The molecule has 0 spiro atoms. The van der Waals surface area contributed by atoms with Crippen molar-refractivity contribution in [2.24, 2.45) is 0 Å². The van der Waals surface area contributed by atoms with Crippen molar-refractivity contribution in [3.05, 3.63) is 29.3 Å². The first-order chi connectivity index (χ1) is 11.5. The third-order valence-corrected chi connectivity index (χ3v) is 4.66. The summed E-state index contributed by atoms with van der Waals surface area (Å²) in [5.74, 6) is 0.000653. The number of morpholine rings is 1. The van der Waals surface area contributed by atoms with E-state index < -0.39 is 11.6 Å². The summed E-state index contributed by atoms with van der Waals surface area (Å²) in [5.41, 5.74) is 0.181. The molecule has 2 heterocycles. The van der Waals surface area contributed by atoms with Crippen molar-refractivity contribution in [1.82, 2.24) is 4.90 Å². The molecule has 2 fully saturated rings. The van der Waals surface area contributed by atoms with E-state index in [1.54, 1.807) is 30.0 Å². The predicted molar refractivity (Wildman–Crippen MR) is 85.3 cm³/mol. The molecule has 1 amide bonds. The number of carbonyl (C=O) groups excluding carboxylic acids is 2. The van der Waals surface area contributed by atoms with Crippen LogP contribution in [0.3, 0.4) is 0 Å². The summed E-state index contributed by atoms with van der Waals surface area (Å²) in [5, 5.41) is 9.07. The van der Waals surface area contributed by atoms with Gasteiger partial charge in [-0.05, 0) is 49.9 Å². The van der Waals surface area contributed by atoms with Crippen molar-refractivity contribution < 1.29 is 19.1 Å². The molecule has 1 aromatic rings. The second-order valence-corrected chi connectivity index (χ2v) is 6.38. The first-order valence-corrected chi connectivity index (χ1v) is 8.18. The summed E-state index contributed by atoms with van der Waals surface area (Å²) >= 11 is 0. The Labute approximate surface area is 141 Å². The number of amides is 1. The van der Waals surface area contributed by atoms with Crippen LogP contribution < -0.4 is 4.74 Å². The van der Waals surface area contributed by atoms with Crippen LogP contribution in [0.4, 0.5) is 0 Å². The van der Waals surface area contributed by atoms with Gasteiger partial charge in [-0.1, -0.05) is 6.92 Å². The lowest BCUT2D eigenvalue weighted by atomic mass is 10.0. The highest BCUT2D eigenvalue weighted by atomic mass is 16.6. The summed E-state index contributed by atoms with van der Waals surface area (Å²) in [6.07, 6.45) is 2.19. The number of esters is 1. The number of hydrogen-bond acceptors (Lipinski definition) is 5. The Morgan fingerprint density at radius 3 is 2.96 bits per heavy atom. The van der Waals surface area contributed by atoms with E-state index in [1.807, 2.05) is 6.92 Å². The zero-order valence-corrected chi connectivity index (χ0v) is 13.9. The lowest BCUT2D eigenvalue weighted by Crippen LogP contribution is -2.61. The third-order valence-electron chi connectivity index (χ3n) is 4.66. The molecule has 6 nitrogen and oxygen atoms in total. The van der Waals surface area contributed by atoms with E-state index in [2.05, 4.69) is 6.07 Å². The maximum absolute atomic E-state index is 12.6. The maximum atomic E-state index is 12.6. The van der Waals surface area contributed by atoms with E-state index in [1.165, 1.54) is 0 Å². The Hall–Kier alpha value is -2.55. The second-order valence-electron chi connectivity index (χ2n) is 6.38. The number of aryl methyl sites for hydroxylation is 1. The van der Waals surface area contributed by atoms with Crippen LogP contribution in [0, 0.1) is 11.3 Å². The van der Waals surface area contributed by atoms with E-state index >= 15 is 0 Å². The molecule has 6 heteroatoms. The molecule has 2 atom stereocenters. The van der Waals surface area contributed by atoms with Gasteiger partial charge in [0.25, 0.3) is 5.91 Å². The fourth-order valence-electron chi connectivity index (χ4n) is 3.27. The Morgan fingerprint density at radius 2 is 2.25 bits per heavy atom. The molecule has 2 saturated heterocycles. The SMILES string of the molecule is CCc1cc(OC[C@]2(C)OC(=O)[C@H]3CCCN3C2=O)ccc1C#N. The molecule has 1 aromatic carbocycles. The lowest BCUT2D eigenvalue weighted by Gasteiger charge is -2.39. The molecule has 0 aliphatic carbocycles. The average Bonchev–Trinajstić information content (AvgIpc) is 3.08. The van der Waals surface area contributed by atoms with E-state index in [0.717, 1.165) is 12.0 Å². The zero-order valence-electron chi connectivity index (χ0n) is 13.9. The topological polar surface area (TPSA) is 79.6 Å². The van der Waals surface area contributed by atoms with Gasteiger partial charge in [-0.3, -0.25) is 4.79 Å². The summed E-state index contributed by atoms with van der Waals surface area (Å²) in [6, 6.07) is 6.87. The summed E-state index contributed by atoms with van der Waals surface area (Å²) < 4.78 is 11.1. The van der Waals surface area contributed by atoms with Crippen LogP contribution in [0.2, 0.25) is 0 Å². The molecule has 0 bridgehead atoms. The monoisotopic (exact) mass is 328 g/mol. The molecule has 0 N–H and O–H groups in total. The van der Waals surface area contributed by atoms with Gasteiger partial charge in [0.15, 0.2) is 0 Å². The molecule has 0 aromatic heterocycles. The molecule has 2 aliphatic heterocycles. The van der Waals surface area contributed by atoms with Gasteiger partial charge in [0, 0.05) is 6.54 Å². The standard InChI is InChI=1S/C18H20N2O4/c1-3-12-9-14(7-6-13(12)10-19)23-11-18(2)17(22)20-8-4-5-15(20)16(21)24-18/h6-7,9,15H,3-5,8,11H2,1-2H3/t15-,18+/m1/s1. The third kappa shape index (κ3) is 2.71. The number of benzene rings is 1. The van der Waals surface area contributed by atoms with Crippen LogP contribution in [0.25, 0.3) is 0 Å². The maximum Gasteiger partial charge on any atom is 0.330 e. The quantitative estimate of drug-likeness (QED) is 0.788. The van der Waals surface area contributed by atoms with Crippen molar-refractivity contribution in [3.63, 3.8) is 0 Å². The molecular formula is C18H20N2O4. The van der Waals surface area contributed by atoms with Crippen molar-refractivity contribution in [2.45, 2.75) is 44.8 Å². The molecule has 0 unspecified atom stereocenters. The fourth-order valence-corrected chi connectivity index (χ4v) is 3.27. The Kier molecular flexibility index (Phi) is 4.18. The molecular weight excluding hydrogens is 308 g/mol. The van der Waals surface area contributed by atoms with Gasteiger partial charge < -0.3 is 14.4 Å². The van der Waals surface area contributed by atoms with Crippen LogP contribution in [0.5, 0.6) is 5.75 Å². The van der Waals surface area contributed by atoms with Gasteiger partial charge in [-0.15, -0.1) is 0 Å². The summed E-state index contributed by atoms with van der Waals surface area (Å²) in [7, 11) is 0. The normalized spacial score (nSPS) is 25.9. The predicted octanol–water partition coefficient (Wildman–Crippen LogP) is 1.81. The van der Waals surface area contributed by atoms with Crippen molar-refractivity contribution in [2.75, 3.05) is 13.2 Å². The first kappa shape index (κ1) is 16.3. The number of nitrogens with zero attached hydrogens (tertiary/aromatic N) is 2. The summed E-state index contributed by atoms with van der Waals surface area (Å²) in [6.45, 7) is 4.09. The fraction of sp³-hybridized carbons (Fsp3) is 0.500. The van der Waals surface area contributed by atoms with E-state index in [0.29, 0.717) is 30.7 Å². The van der Waals surface area contributed by atoms with Crippen LogP contribution >= 0.6 is 0 Å². The smallest absolute Gasteiger partial charge is 0.330 e. The number of hydrogen-bond donors (Lipinski definition) is 0. The number of ether oxygens (including phenoxy) is 2. The Balaban J connectivity index is 1.75. The van der Waals surface area contributed by atoms with Gasteiger partial charge in [-0.25, -0.2) is 4.79 Å². The first-order valence-electron chi connectivity index (χ1n) is 8.18. The van der Waals surface area contributed by atoms with E-state index in [9.17, 15) is 9.59 Å². The van der Waals surface area contributed by atoms with Crippen molar-refractivity contribution in [3.8, 4) is 11.8 Å². The van der Waals surface area contributed by atoms with Crippen LogP contribution in [-0.4, -0.2) is 41.6 Å². The van der Waals surface area contributed by atoms with Gasteiger partial charge in [0.1, 0.15) is 18.4 Å². The van der Waals surface area contributed by atoms with Crippen LogP contribution in [-0.2, 0) is 20.7 Å². The minimum atomic E-state index is -1.31. The highest BCUT2D eigenvalue weighted by molar-refractivity contribution is 5.95. The number of cyclic esters (lactones) is 1. The van der Waals surface area contributed by atoms with Gasteiger partial charge in [-0.2, -0.15) is 5.26 Å². The Morgan fingerprint density at radius 1 is 1.46 bits per heavy atom. The Bertz CT molecular complexity index is 724.